The summed E-state index contributed by atoms with van der Waals surface area (Å²) in [5, 5.41) is 3.07. The van der Waals surface area contributed by atoms with Gasteiger partial charge in [0.05, 0.1) is 5.92 Å². The fourth-order valence-electron chi connectivity index (χ4n) is 2.84. The van der Waals surface area contributed by atoms with Crippen molar-refractivity contribution in [2.24, 2.45) is 5.92 Å². The molecule has 1 aliphatic heterocycles. The van der Waals surface area contributed by atoms with E-state index in [1.54, 1.807) is 0 Å². The summed E-state index contributed by atoms with van der Waals surface area (Å²) in [5.41, 5.74) is 1.30. The second-order valence-corrected chi connectivity index (χ2v) is 6.76. The number of likely N-dealkylation sites (tertiary alicyclic amines) is 1. The van der Waals surface area contributed by atoms with E-state index in [0.29, 0.717) is 0 Å². The van der Waals surface area contributed by atoms with Crippen molar-refractivity contribution in [1.29, 1.82) is 0 Å². The number of hydrogen-bond acceptors (Lipinski definition) is 2. The fourth-order valence-corrected chi connectivity index (χ4v) is 3.29. The van der Waals surface area contributed by atoms with Crippen LogP contribution in [0.15, 0.2) is 28.7 Å². The predicted molar refractivity (Wildman–Crippen MR) is 90.1 cm³/mol. The van der Waals surface area contributed by atoms with Crippen molar-refractivity contribution in [3.8, 4) is 0 Å². The minimum Gasteiger partial charge on any atom is -0.356 e. The number of amides is 1. The molecule has 1 aliphatic rings. The lowest BCUT2D eigenvalue weighted by Crippen LogP contribution is -2.42. The Morgan fingerprint density at radius 2 is 2.33 bits per heavy atom. The van der Waals surface area contributed by atoms with Crippen molar-refractivity contribution in [3.05, 3.63) is 34.3 Å². The SMILES string of the molecule is CCCCNC(=O)C1CCCN(Cc2cccc(Br)c2)C1. The Morgan fingerprint density at radius 3 is 3.10 bits per heavy atom. The minimum atomic E-state index is 0.155. The summed E-state index contributed by atoms with van der Waals surface area (Å²) in [6.45, 7) is 5.86. The molecule has 0 aliphatic carbocycles. The summed E-state index contributed by atoms with van der Waals surface area (Å²) < 4.78 is 1.12. The number of hydrogen-bond donors (Lipinski definition) is 1. The molecule has 2 rings (SSSR count). The highest BCUT2D eigenvalue weighted by Gasteiger charge is 2.25. The average molecular weight is 353 g/mol. The van der Waals surface area contributed by atoms with Gasteiger partial charge in [0.1, 0.15) is 0 Å². The van der Waals surface area contributed by atoms with Crippen LogP contribution in [0.4, 0.5) is 0 Å². The molecule has 1 aromatic rings. The lowest BCUT2D eigenvalue weighted by atomic mass is 9.96. The highest BCUT2D eigenvalue weighted by molar-refractivity contribution is 9.10. The normalized spacial score (nSPS) is 19.4. The Balaban J connectivity index is 1.84. The van der Waals surface area contributed by atoms with Crippen LogP contribution in [-0.2, 0) is 11.3 Å². The van der Waals surface area contributed by atoms with Crippen LogP contribution in [-0.4, -0.2) is 30.4 Å². The van der Waals surface area contributed by atoms with Crippen LogP contribution in [0, 0.1) is 5.92 Å². The van der Waals surface area contributed by atoms with E-state index in [9.17, 15) is 4.79 Å². The van der Waals surface area contributed by atoms with Crippen molar-refractivity contribution >= 4 is 21.8 Å². The Morgan fingerprint density at radius 1 is 1.48 bits per heavy atom. The van der Waals surface area contributed by atoms with E-state index >= 15 is 0 Å². The minimum absolute atomic E-state index is 0.155. The molecule has 1 saturated heterocycles. The van der Waals surface area contributed by atoms with Gasteiger partial charge in [0.2, 0.25) is 5.91 Å². The van der Waals surface area contributed by atoms with Gasteiger partial charge >= 0.3 is 0 Å². The topological polar surface area (TPSA) is 32.3 Å². The number of carbonyl (C=O) groups is 1. The van der Waals surface area contributed by atoms with Crippen LogP contribution in [0.2, 0.25) is 0 Å². The lowest BCUT2D eigenvalue weighted by molar-refractivity contribution is -0.126. The van der Waals surface area contributed by atoms with Crippen LogP contribution < -0.4 is 5.32 Å². The number of halogens is 1. The summed E-state index contributed by atoms with van der Waals surface area (Å²) in [6, 6.07) is 8.42. The third-order valence-corrected chi connectivity index (χ3v) is 4.49. The molecule has 1 N–H and O–H groups in total. The number of piperidine rings is 1. The number of benzene rings is 1. The van der Waals surface area contributed by atoms with E-state index in [0.717, 1.165) is 56.3 Å². The molecule has 1 unspecified atom stereocenters. The quantitative estimate of drug-likeness (QED) is 0.793. The van der Waals surface area contributed by atoms with Crippen LogP contribution in [0.5, 0.6) is 0 Å². The molecule has 1 heterocycles. The monoisotopic (exact) mass is 352 g/mol. The predicted octanol–water partition coefficient (Wildman–Crippen LogP) is 3.58. The number of nitrogens with one attached hydrogen (secondary N) is 1. The second-order valence-electron chi connectivity index (χ2n) is 5.85. The summed E-state index contributed by atoms with van der Waals surface area (Å²) in [5.74, 6) is 0.394. The number of unbranched alkanes of at least 4 members (excludes halogenated alkanes) is 1. The number of nitrogens with zero attached hydrogens (tertiary/aromatic N) is 1. The van der Waals surface area contributed by atoms with Gasteiger partial charge in [-0.2, -0.15) is 0 Å². The first-order chi connectivity index (χ1) is 10.2. The van der Waals surface area contributed by atoms with Crippen molar-refractivity contribution in [1.82, 2.24) is 10.2 Å². The summed E-state index contributed by atoms with van der Waals surface area (Å²) in [4.78, 5) is 14.6. The molecule has 0 bridgehead atoms. The molecule has 116 valence electrons. The summed E-state index contributed by atoms with van der Waals surface area (Å²) in [7, 11) is 0. The maximum atomic E-state index is 12.2. The average Bonchev–Trinajstić information content (AvgIpc) is 2.48. The molecule has 1 amide bonds. The third-order valence-electron chi connectivity index (χ3n) is 4.00. The molecule has 1 fully saturated rings. The highest BCUT2D eigenvalue weighted by atomic mass is 79.9. The number of carbonyl (C=O) groups excluding carboxylic acids is 1. The zero-order valence-corrected chi connectivity index (χ0v) is 14.4. The largest absolute Gasteiger partial charge is 0.356 e. The van der Waals surface area contributed by atoms with E-state index in [1.165, 1.54) is 5.56 Å². The van der Waals surface area contributed by atoms with Gasteiger partial charge in [0.25, 0.3) is 0 Å². The van der Waals surface area contributed by atoms with Crippen LogP contribution in [0.25, 0.3) is 0 Å². The zero-order chi connectivity index (χ0) is 15.1. The van der Waals surface area contributed by atoms with Gasteiger partial charge in [-0.05, 0) is 43.5 Å². The van der Waals surface area contributed by atoms with E-state index in [1.807, 2.05) is 6.07 Å². The summed E-state index contributed by atoms with van der Waals surface area (Å²) >= 11 is 3.51. The molecule has 4 heteroatoms. The molecule has 1 atom stereocenters. The van der Waals surface area contributed by atoms with Gasteiger partial charge in [-0.1, -0.05) is 41.4 Å². The Hall–Kier alpha value is -0.870. The Bertz CT molecular complexity index is 464. The zero-order valence-electron chi connectivity index (χ0n) is 12.8. The van der Waals surface area contributed by atoms with Crippen LogP contribution in [0.3, 0.4) is 0 Å². The lowest BCUT2D eigenvalue weighted by Gasteiger charge is -2.32. The standard InChI is InChI=1S/C17H25BrN2O/c1-2-3-9-19-17(21)15-7-5-10-20(13-15)12-14-6-4-8-16(18)11-14/h4,6,8,11,15H,2-3,5,7,9-10,12-13H2,1H3,(H,19,21). The van der Waals surface area contributed by atoms with Crippen LogP contribution in [0.1, 0.15) is 38.2 Å². The molecule has 1 aromatic carbocycles. The highest BCUT2D eigenvalue weighted by Crippen LogP contribution is 2.20. The Kier molecular flexibility index (Phi) is 6.71. The van der Waals surface area contributed by atoms with Gasteiger partial charge in [-0.15, -0.1) is 0 Å². The fraction of sp³-hybridized carbons (Fsp3) is 0.588. The molecular weight excluding hydrogens is 328 g/mol. The van der Waals surface area contributed by atoms with E-state index in [2.05, 4.69) is 51.3 Å². The second kappa shape index (κ2) is 8.54. The molecule has 0 radical (unpaired) electrons. The molecule has 0 spiro atoms. The van der Waals surface area contributed by atoms with Crippen molar-refractivity contribution < 1.29 is 4.79 Å². The first kappa shape index (κ1) is 16.5. The van der Waals surface area contributed by atoms with Crippen molar-refractivity contribution in [3.63, 3.8) is 0 Å². The van der Waals surface area contributed by atoms with Crippen LogP contribution >= 0.6 is 15.9 Å². The molecule has 21 heavy (non-hydrogen) atoms. The maximum absolute atomic E-state index is 12.2. The first-order valence-corrected chi connectivity index (χ1v) is 8.73. The molecule has 0 aromatic heterocycles. The maximum Gasteiger partial charge on any atom is 0.224 e. The van der Waals surface area contributed by atoms with Crippen molar-refractivity contribution in [2.75, 3.05) is 19.6 Å². The van der Waals surface area contributed by atoms with Gasteiger partial charge < -0.3 is 5.32 Å². The molecular formula is C17H25BrN2O. The first-order valence-electron chi connectivity index (χ1n) is 7.93. The molecule has 0 saturated carbocycles. The smallest absolute Gasteiger partial charge is 0.224 e. The van der Waals surface area contributed by atoms with E-state index in [4.69, 9.17) is 0 Å². The molecule has 3 nitrogen and oxygen atoms in total. The van der Waals surface area contributed by atoms with Crippen molar-refractivity contribution in [2.45, 2.75) is 39.2 Å². The van der Waals surface area contributed by atoms with Gasteiger partial charge in [0, 0.05) is 24.1 Å². The van der Waals surface area contributed by atoms with E-state index in [-0.39, 0.29) is 11.8 Å². The Labute approximate surface area is 136 Å². The number of rotatable bonds is 6. The van der Waals surface area contributed by atoms with E-state index < -0.39 is 0 Å². The summed E-state index contributed by atoms with van der Waals surface area (Å²) in [6.07, 6.45) is 4.33. The third kappa shape index (κ3) is 5.44. The van der Waals surface area contributed by atoms with Gasteiger partial charge in [0.15, 0.2) is 0 Å². The van der Waals surface area contributed by atoms with Gasteiger partial charge in [-0.25, -0.2) is 0 Å². The van der Waals surface area contributed by atoms with Gasteiger partial charge in [-0.3, -0.25) is 9.69 Å².